The minimum Gasteiger partial charge on any atom is -0.463 e. The molecular weight excluding hydrogens is 570 g/mol. The van der Waals surface area contributed by atoms with Crippen molar-refractivity contribution < 1.29 is 18.9 Å². The molecule has 3 aromatic carbocycles. The number of fused-ring (bicyclic) bond motifs is 1. The normalized spacial score (nSPS) is 14.2. The number of allylic oxidation sites excluding steroid dienone is 1. The average Bonchev–Trinajstić information content (AvgIpc) is 3.68. The third-order valence-electron chi connectivity index (χ3n) is 6.76. The smallest absolute Gasteiger partial charge is 0.338 e. The zero-order valence-corrected chi connectivity index (χ0v) is 23.9. The number of aromatic nitrogens is 5. The Morgan fingerprint density at radius 3 is 2.35 bits per heavy atom. The lowest BCUT2D eigenvalue weighted by Crippen LogP contribution is -2.29. The fourth-order valence-corrected chi connectivity index (χ4v) is 5.47. The van der Waals surface area contributed by atoms with Crippen LogP contribution in [0.15, 0.2) is 99.7 Å². The average molecular weight is 596 g/mol. The van der Waals surface area contributed by atoms with Crippen LogP contribution in [0.25, 0.3) is 22.9 Å². The quantitative estimate of drug-likeness (QED) is 0.0918. The van der Waals surface area contributed by atoms with Gasteiger partial charge in [-0.3, -0.25) is 10.1 Å². The van der Waals surface area contributed by atoms with Gasteiger partial charge in [-0.15, -0.1) is 15.3 Å². The van der Waals surface area contributed by atoms with Crippen LogP contribution in [-0.2, 0) is 15.3 Å². The van der Waals surface area contributed by atoms with Gasteiger partial charge in [0.05, 0.1) is 17.1 Å². The first-order valence-electron chi connectivity index (χ1n) is 13.4. The van der Waals surface area contributed by atoms with Crippen molar-refractivity contribution in [2.45, 2.75) is 30.8 Å². The highest BCUT2D eigenvalue weighted by Crippen LogP contribution is 2.37. The molecule has 1 atom stereocenters. The van der Waals surface area contributed by atoms with Crippen LogP contribution in [-0.4, -0.2) is 42.5 Å². The second-order valence-corrected chi connectivity index (χ2v) is 10.5. The van der Waals surface area contributed by atoms with Crippen molar-refractivity contribution in [3.8, 4) is 22.9 Å². The molecule has 0 fully saturated rings. The molecule has 6 rings (SSSR count). The summed E-state index contributed by atoms with van der Waals surface area (Å²) in [5, 5.41) is 27.9. The van der Waals surface area contributed by atoms with Crippen molar-refractivity contribution in [2.75, 3.05) is 11.9 Å². The number of carbonyl (C=O) groups is 1. The van der Waals surface area contributed by atoms with E-state index in [2.05, 4.69) is 20.5 Å². The molecular formula is C30H25N7O5S. The number of esters is 1. The number of rotatable bonds is 9. The second kappa shape index (κ2) is 11.9. The molecule has 1 aliphatic heterocycles. The molecule has 0 aliphatic carbocycles. The molecule has 3 heterocycles. The Morgan fingerprint density at radius 1 is 1.02 bits per heavy atom. The van der Waals surface area contributed by atoms with E-state index >= 15 is 0 Å². The standard InChI is InChI=1S/C30H25N7O5S/c1-3-41-28(38)24-18(2)31-29-32-30(35-36(29)25(24)20-13-15-23(16-14-20)37(39)40)43-17-19-9-11-22(12-10-19)27-34-33-26(42-27)21-7-5-4-6-8-21/h4-16,25H,3,17H2,1-2H3,(H,31,32,35). The maximum Gasteiger partial charge on any atom is 0.338 e. The van der Waals surface area contributed by atoms with Crippen LogP contribution in [0.3, 0.4) is 0 Å². The Hall–Kier alpha value is -5.30. The number of hydrogen-bond acceptors (Lipinski definition) is 11. The summed E-state index contributed by atoms with van der Waals surface area (Å²) in [6.45, 7) is 3.70. The van der Waals surface area contributed by atoms with Gasteiger partial charge in [0, 0.05) is 34.7 Å². The Morgan fingerprint density at radius 2 is 1.70 bits per heavy atom. The SMILES string of the molecule is CCOC(=O)C1=C(C)Nc2nc(SCc3ccc(-c4nnc(-c5ccccc5)o4)cc3)nn2C1c1ccc([N+](=O)[O-])cc1. The van der Waals surface area contributed by atoms with E-state index in [1.54, 1.807) is 30.7 Å². The number of carbonyl (C=O) groups excluding carboxylic acids is 1. The Balaban J connectivity index is 1.21. The van der Waals surface area contributed by atoms with Gasteiger partial charge in [-0.25, -0.2) is 9.48 Å². The first-order valence-corrected chi connectivity index (χ1v) is 14.4. The molecule has 12 nitrogen and oxygen atoms in total. The van der Waals surface area contributed by atoms with Gasteiger partial charge in [0.15, 0.2) is 0 Å². The molecule has 5 aromatic rings. The molecule has 0 radical (unpaired) electrons. The molecule has 216 valence electrons. The summed E-state index contributed by atoms with van der Waals surface area (Å²) >= 11 is 1.44. The van der Waals surface area contributed by atoms with Crippen molar-refractivity contribution in [2.24, 2.45) is 0 Å². The lowest BCUT2D eigenvalue weighted by molar-refractivity contribution is -0.384. The van der Waals surface area contributed by atoms with Gasteiger partial charge in [-0.1, -0.05) is 42.1 Å². The fraction of sp³-hybridized carbons (Fsp3) is 0.167. The van der Waals surface area contributed by atoms with Crippen molar-refractivity contribution in [3.63, 3.8) is 0 Å². The van der Waals surface area contributed by atoms with Crippen LogP contribution in [0.5, 0.6) is 0 Å². The van der Waals surface area contributed by atoms with E-state index in [1.165, 1.54) is 23.9 Å². The summed E-state index contributed by atoms with van der Waals surface area (Å²) in [7, 11) is 0. The maximum atomic E-state index is 13.0. The summed E-state index contributed by atoms with van der Waals surface area (Å²) in [6.07, 6.45) is 0. The van der Waals surface area contributed by atoms with Crippen LogP contribution >= 0.6 is 11.8 Å². The summed E-state index contributed by atoms with van der Waals surface area (Å²) in [5.41, 5.74) is 4.22. The molecule has 43 heavy (non-hydrogen) atoms. The monoisotopic (exact) mass is 595 g/mol. The Bertz CT molecular complexity index is 1820. The van der Waals surface area contributed by atoms with E-state index in [9.17, 15) is 14.9 Å². The van der Waals surface area contributed by atoms with E-state index in [0.717, 1.165) is 16.7 Å². The van der Waals surface area contributed by atoms with Crippen LogP contribution in [0.4, 0.5) is 11.6 Å². The zero-order chi connectivity index (χ0) is 29.9. The summed E-state index contributed by atoms with van der Waals surface area (Å²) in [4.78, 5) is 28.4. The highest BCUT2D eigenvalue weighted by molar-refractivity contribution is 7.98. The number of anilines is 1. The van der Waals surface area contributed by atoms with Gasteiger partial charge < -0.3 is 14.5 Å². The summed E-state index contributed by atoms with van der Waals surface area (Å²) < 4.78 is 12.8. The number of ether oxygens (including phenoxy) is 1. The number of nitro benzene ring substituents is 1. The minimum atomic E-state index is -0.674. The van der Waals surface area contributed by atoms with E-state index in [4.69, 9.17) is 14.3 Å². The van der Waals surface area contributed by atoms with E-state index < -0.39 is 16.9 Å². The molecule has 2 aromatic heterocycles. The fourth-order valence-electron chi connectivity index (χ4n) is 4.68. The summed E-state index contributed by atoms with van der Waals surface area (Å²) in [6, 6.07) is 22.8. The lowest BCUT2D eigenvalue weighted by atomic mass is 9.95. The highest BCUT2D eigenvalue weighted by atomic mass is 32.2. The minimum absolute atomic E-state index is 0.0483. The molecule has 1 aliphatic rings. The lowest BCUT2D eigenvalue weighted by Gasteiger charge is -2.28. The first kappa shape index (κ1) is 27.8. The third kappa shape index (κ3) is 5.75. The van der Waals surface area contributed by atoms with Crippen LogP contribution in [0.1, 0.15) is 31.0 Å². The first-order chi connectivity index (χ1) is 20.9. The predicted molar refractivity (Wildman–Crippen MR) is 159 cm³/mol. The Labute approximate surface area is 250 Å². The van der Waals surface area contributed by atoms with Gasteiger partial charge >= 0.3 is 5.97 Å². The molecule has 13 heteroatoms. The molecule has 0 bridgehead atoms. The number of nitrogens with one attached hydrogen (secondary N) is 1. The molecule has 0 saturated carbocycles. The molecule has 0 amide bonds. The Kier molecular flexibility index (Phi) is 7.71. The van der Waals surface area contributed by atoms with Gasteiger partial charge in [0.25, 0.3) is 5.69 Å². The number of hydrogen-bond donors (Lipinski definition) is 1. The molecule has 1 N–H and O–H groups in total. The molecule has 0 saturated heterocycles. The number of benzene rings is 3. The largest absolute Gasteiger partial charge is 0.463 e. The van der Waals surface area contributed by atoms with Crippen molar-refractivity contribution in [1.82, 2.24) is 25.0 Å². The number of nitro groups is 1. The van der Waals surface area contributed by atoms with Crippen molar-refractivity contribution in [3.05, 3.63) is 111 Å². The van der Waals surface area contributed by atoms with Gasteiger partial charge in [0.2, 0.25) is 22.9 Å². The second-order valence-electron chi connectivity index (χ2n) is 9.56. The number of nitrogens with zero attached hydrogens (tertiary/aromatic N) is 6. The molecule has 0 spiro atoms. The number of thioether (sulfide) groups is 1. The molecule has 1 unspecified atom stereocenters. The van der Waals surface area contributed by atoms with Gasteiger partial charge in [-0.05, 0) is 61.4 Å². The predicted octanol–water partition coefficient (Wildman–Crippen LogP) is 6.05. The van der Waals surface area contributed by atoms with Crippen LogP contribution in [0, 0.1) is 10.1 Å². The number of non-ortho nitro benzene ring substituents is 1. The highest BCUT2D eigenvalue weighted by Gasteiger charge is 2.35. The summed E-state index contributed by atoms with van der Waals surface area (Å²) in [5.74, 6) is 1.44. The van der Waals surface area contributed by atoms with Crippen molar-refractivity contribution >= 4 is 29.4 Å². The van der Waals surface area contributed by atoms with E-state index in [0.29, 0.717) is 45.5 Å². The maximum absolute atomic E-state index is 13.0. The van der Waals surface area contributed by atoms with E-state index in [-0.39, 0.29) is 12.3 Å². The topological polar surface area (TPSA) is 151 Å². The van der Waals surface area contributed by atoms with Gasteiger partial charge in [-0.2, -0.15) is 4.98 Å². The van der Waals surface area contributed by atoms with Crippen LogP contribution < -0.4 is 5.32 Å². The zero-order valence-electron chi connectivity index (χ0n) is 23.1. The van der Waals surface area contributed by atoms with Crippen molar-refractivity contribution in [1.29, 1.82) is 0 Å². The van der Waals surface area contributed by atoms with E-state index in [1.807, 2.05) is 54.6 Å². The third-order valence-corrected chi connectivity index (χ3v) is 7.67. The van der Waals surface area contributed by atoms with Crippen LogP contribution in [0.2, 0.25) is 0 Å². The van der Waals surface area contributed by atoms with Gasteiger partial charge in [0.1, 0.15) is 6.04 Å².